The maximum absolute atomic E-state index is 14.1. The van der Waals surface area contributed by atoms with E-state index in [1.807, 2.05) is 0 Å². The molecule has 3 heterocycles. The Morgan fingerprint density at radius 1 is 1.24 bits per heavy atom. The molecular formula is C19H14FN5O3S. The number of methoxy groups -OCH3 is 1. The molecule has 1 aromatic carbocycles. The van der Waals surface area contributed by atoms with Crippen molar-refractivity contribution in [2.75, 3.05) is 7.11 Å². The Kier molecular flexibility index (Phi) is 4.82. The van der Waals surface area contributed by atoms with Crippen molar-refractivity contribution in [2.45, 2.75) is 17.9 Å². The van der Waals surface area contributed by atoms with E-state index in [0.29, 0.717) is 39.3 Å². The molecule has 0 aliphatic carbocycles. The average molecular weight is 411 g/mol. The van der Waals surface area contributed by atoms with Crippen LogP contribution in [0.2, 0.25) is 0 Å². The van der Waals surface area contributed by atoms with E-state index in [2.05, 4.69) is 21.0 Å². The standard InChI is InChI=1S/C19H14FN5O3S/c1-28-17-5-3-12-18-14(9-22-19(12)24-17)23-16(6-7-21)25(18)10-11-2-4-15(29(26)27)13(20)8-11/h2-5,8-9,29H,6,10H2,1H3. The molecule has 0 aliphatic heterocycles. The highest BCUT2D eigenvalue weighted by molar-refractivity contribution is 7.72. The Balaban J connectivity index is 1.91. The second kappa shape index (κ2) is 7.44. The molecule has 0 saturated carbocycles. The highest BCUT2D eigenvalue weighted by Gasteiger charge is 2.16. The van der Waals surface area contributed by atoms with E-state index in [9.17, 15) is 18.1 Å². The first-order chi connectivity index (χ1) is 14.0. The van der Waals surface area contributed by atoms with Gasteiger partial charge < -0.3 is 9.30 Å². The normalized spacial score (nSPS) is 11.2. The van der Waals surface area contributed by atoms with Gasteiger partial charge in [-0.2, -0.15) is 10.2 Å². The molecule has 0 unspecified atom stereocenters. The fraction of sp³-hybridized carbons (Fsp3) is 0.158. The summed E-state index contributed by atoms with van der Waals surface area (Å²) in [5.41, 5.74) is 2.27. The number of halogens is 1. The third-order valence-corrected chi connectivity index (χ3v) is 5.24. The van der Waals surface area contributed by atoms with Crippen molar-refractivity contribution in [1.82, 2.24) is 19.5 Å². The zero-order chi connectivity index (χ0) is 20.5. The predicted molar refractivity (Wildman–Crippen MR) is 103 cm³/mol. The van der Waals surface area contributed by atoms with Crippen molar-refractivity contribution in [3.8, 4) is 11.9 Å². The predicted octanol–water partition coefficient (Wildman–Crippen LogP) is 2.21. The zero-order valence-electron chi connectivity index (χ0n) is 15.2. The summed E-state index contributed by atoms with van der Waals surface area (Å²) in [6.07, 6.45) is 1.61. The smallest absolute Gasteiger partial charge is 0.215 e. The minimum absolute atomic E-state index is 0.0484. The van der Waals surface area contributed by atoms with Crippen molar-refractivity contribution in [3.63, 3.8) is 0 Å². The van der Waals surface area contributed by atoms with Gasteiger partial charge in [0.2, 0.25) is 5.88 Å². The Bertz CT molecular complexity index is 1370. The van der Waals surface area contributed by atoms with Crippen molar-refractivity contribution in [2.24, 2.45) is 0 Å². The van der Waals surface area contributed by atoms with Crippen LogP contribution in [0.3, 0.4) is 0 Å². The maximum Gasteiger partial charge on any atom is 0.215 e. The van der Waals surface area contributed by atoms with Gasteiger partial charge in [-0.3, -0.25) is 0 Å². The van der Waals surface area contributed by atoms with E-state index in [0.717, 1.165) is 0 Å². The quantitative estimate of drug-likeness (QED) is 0.501. The van der Waals surface area contributed by atoms with Gasteiger partial charge in [-0.15, -0.1) is 0 Å². The van der Waals surface area contributed by atoms with Crippen molar-refractivity contribution in [1.29, 1.82) is 5.26 Å². The summed E-state index contributed by atoms with van der Waals surface area (Å²) in [7, 11) is -1.50. The molecule has 0 aliphatic rings. The molecule has 0 spiro atoms. The number of nitrogens with zero attached hydrogens (tertiary/aromatic N) is 5. The molecule has 0 atom stereocenters. The van der Waals surface area contributed by atoms with Crippen LogP contribution in [-0.2, 0) is 23.7 Å². The molecule has 0 N–H and O–H groups in total. The number of thiol groups is 1. The molecule has 4 rings (SSSR count). The van der Waals surface area contributed by atoms with Gasteiger partial charge in [-0.1, -0.05) is 6.07 Å². The van der Waals surface area contributed by atoms with Crippen molar-refractivity contribution in [3.05, 3.63) is 53.7 Å². The average Bonchev–Trinajstić information content (AvgIpc) is 3.05. The van der Waals surface area contributed by atoms with E-state index in [4.69, 9.17) is 4.74 Å². The van der Waals surface area contributed by atoms with Gasteiger partial charge in [-0.05, 0) is 23.8 Å². The number of hydrogen-bond acceptors (Lipinski definition) is 7. The van der Waals surface area contributed by atoms with Crippen LogP contribution in [0, 0.1) is 17.1 Å². The van der Waals surface area contributed by atoms with Gasteiger partial charge in [0.15, 0.2) is 16.4 Å². The number of ether oxygens (including phenoxy) is 1. The van der Waals surface area contributed by atoms with Gasteiger partial charge in [-0.25, -0.2) is 22.8 Å². The van der Waals surface area contributed by atoms with Gasteiger partial charge in [0.1, 0.15) is 17.2 Å². The van der Waals surface area contributed by atoms with E-state index >= 15 is 0 Å². The van der Waals surface area contributed by atoms with Gasteiger partial charge >= 0.3 is 0 Å². The van der Waals surface area contributed by atoms with Gasteiger partial charge in [0.25, 0.3) is 0 Å². The number of nitriles is 1. The summed E-state index contributed by atoms with van der Waals surface area (Å²) in [4.78, 5) is 12.8. The SMILES string of the molecule is COc1ccc2c(ncc3nc(CC#N)n(Cc4ccc([SH](=O)=O)c(F)c4)c32)n1. The highest BCUT2D eigenvalue weighted by Crippen LogP contribution is 2.27. The Morgan fingerprint density at radius 3 is 2.76 bits per heavy atom. The molecule has 0 amide bonds. The number of hydrogen-bond donors (Lipinski definition) is 1. The lowest BCUT2D eigenvalue weighted by Gasteiger charge is -2.10. The zero-order valence-corrected chi connectivity index (χ0v) is 16.1. The summed E-state index contributed by atoms with van der Waals surface area (Å²) in [5, 5.41) is 9.89. The van der Waals surface area contributed by atoms with E-state index in [1.165, 1.54) is 25.3 Å². The number of rotatable bonds is 5. The first kappa shape index (κ1) is 18.8. The minimum Gasteiger partial charge on any atom is -0.481 e. The second-order valence-electron chi connectivity index (χ2n) is 6.21. The molecule has 29 heavy (non-hydrogen) atoms. The van der Waals surface area contributed by atoms with Crippen LogP contribution in [0.5, 0.6) is 5.88 Å². The highest BCUT2D eigenvalue weighted by atomic mass is 32.2. The Morgan fingerprint density at radius 2 is 2.07 bits per heavy atom. The van der Waals surface area contributed by atoms with E-state index < -0.39 is 16.5 Å². The first-order valence-electron chi connectivity index (χ1n) is 8.50. The van der Waals surface area contributed by atoms with Crippen molar-refractivity contribution < 1.29 is 17.5 Å². The number of imidazole rings is 1. The fourth-order valence-corrected chi connectivity index (χ4v) is 3.63. The lowest BCUT2D eigenvalue weighted by Crippen LogP contribution is -2.06. The molecule has 4 aromatic rings. The molecule has 8 nitrogen and oxygen atoms in total. The van der Waals surface area contributed by atoms with Crippen LogP contribution in [0.1, 0.15) is 11.4 Å². The van der Waals surface area contributed by atoms with Crippen LogP contribution in [-0.4, -0.2) is 35.0 Å². The number of benzene rings is 1. The van der Waals surface area contributed by atoms with Crippen LogP contribution in [0.15, 0.2) is 41.4 Å². The summed E-state index contributed by atoms with van der Waals surface area (Å²) in [6, 6.07) is 9.52. The lowest BCUT2D eigenvalue weighted by atomic mass is 10.2. The molecule has 0 saturated heterocycles. The summed E-state index contributed by atoms with van der Waals surface area (Å²) in [6.45, 7) is 0.200. The molecule has 0 bridgehead atoms. The lowest BCUT2D eigenvalue weighted by molar-refractivity contribution is 0.399. The van der Waals surface area contributed by atoms with Gasteiger partial charge in [0, 0.05) is 18.0 Å². The molecule has 0 fully saturated rings. The molecular weight excluding hydrogens is 397 g/mol. The number of fused-ring (bicyclic) bond motifs is 3. The number of aromatic nitrogens is 4. The van der Waals surface area contributed by atoms with Gasteiger partial charge in [0.05, 0.1) is 36.2 Å². The topological polar surface area (TPSA) is 111 Å². The third-order valence-electron chi connectivity index (χ3n) is 4.48. The van der Waals surface area contributed by atoms with E-state index in [1.54, 1.807) is 22.9 Å². The largest absolute Gasteiger partial charge is 0.481 e. The van der Waals surface area contributed by atoms with Crippen molar-refractivity contribution >= 4 is 32.8 Å². The van der Waals surface area contributed by atoms with E-state index in [-0.39, 0.29) is 17.9 Å². The van der Waals surface area contributed by atoms with Crippen LogP contribution >= 0.6 is 0 Å². The molecule has 0 radical (unpaired) electrons. The van der Waals surface area contributed by atoms with Crippen LogP contribution in [0.25, 0.3) is 22.1 Å². The summed E-state index contributed by atoms with van der Waals surface area (Å²) in [5.74, 6) is 0.0897. The second-order valence-corrected chi connectivity index (χ2v) is 7.20. The number of pyridine rings is 2. The molecule has 10 heteroatoms. The van der Waals surface area contributed by atoms with Crippen LogP contribution in [0.4, 0.5) is 4.39 Å². The Labute approximate surface area is 166 Å². The summed E-state index contributed by atoms with van der Waals surface area (Å²) >= 11 is 0. The fourth-order valence-electron chi connectivity index (χ4n) is 3.20. The molecule has 146 valence electrons. The monoisotopic (exact) mass is 411 g/mol. The third kappa shape index (κ3) is 3.36. The maximum atomic E-state index is 14.1. The van der Waals surface area contributed by atoms with Crippen LogP contribution < -0.4 is 4.74 Å². The minimum atomic E-state index is -3.01. The molecule has 3 aromatic heterocycles. The first-order valence-corrected chi connectivity index (χ1v) is 9.68. The summed E-state index contributed by atoms with van der Waals surface area (Å²) < 4.78 is 43.2. The Hall–Kier alpha value is -3.58.